The Labute approximate surface area is 136 Å². The Morgan fingerprint density at radius 3 is 1.91 bits per heavy atom. The van der Waals surface area contributed by atoms with Gasteiger partial charge in [-0.1, -0.05) is 68.6 Å². The molecule has 1 radical (unpaired) electrons. The summed E-state index contributed by atoms with van der Waals surface area (Å²) in [6, 6.07) is 20.0. The zero-order valence-corrected chi connectivity index (χ0v) is 15.0. The van der Waals surface area contributed by atoms with Gasteiger partial charge in [-0.2, -0.15) is 0 Å². The van der Waals surface area contributed by atoms with Crippen molar-refractivity contribution < 1.29 is 0 Å². The first-order chi connectivity index (χ1) is 10.7. The molecule has 0 spiro atoms. The Kier molecular flexibility index (Phi) is 4.68. The highest BCUT2D eigenvalue weighted by molar-refractivity contribution is 6.88. The lowest BCUT2D eigenvalue weighted by atomic mass is 10.1. The number of para-hydroxylation sites is 2. The van der Waals surface area contributed by atoms with Crippen LogP contribution in [0, 0.1) is 0 Å². The standard InChI is InChI=1S/C20H26NSi/c1-4-5-10-15-22-19-13-8-6-11-17(19)21(16(2)3)18-12-7-9-14-20(18)22/h6-9,11-14,16H,4-5,10,15H2,1-3H3. The summed E-state index contributed by atoms with van der Waals surface area (Å²) >= 11 is 0. The van der Waals surface area contributed by atoms with Gasteiger partial charge in [0.25, 0.3) is 0 Å². The van der Waals surface area contributed by atoms with Crippen molar-refractivity contribution in [3.05, 3.63) is 48.5 Å². The lowest BCUT2D eigenvalue weighted by Crippen LogP contribution is -2.52. The Morgan fingerprint density at radius 2 is 1.41 bits per heavy atom. The first kappa shape index (κ1) is 15.4. The zero-order chi connectivity index (χ0) is 15.5. The highest BCUT2D eigenvalue weighted by Gasteiger charge is 2.31. The molecule has 0 atom stereocenters. The molecule has 1 aliphatic heterocycles. The van der Waals surface area contributed by atoms with E-state index in [1.165, 1.54) is 36.7 Å². The second kappa shape index (κ2) is 6.70. The van der Waals surface area contributed by atoms with Gasteiger partial charge in [0.05, 0.1) is 0 Å². The Bertz CT molecular complexity index is 588. The molecule has 3 rings (SSSR count). The van der Waals surface area contributed by atoms with Gasteiger partial charge in [-0.05, 0) is 36.4 Å². The predicted octanol–water partition coefficient (Wildman–Crippen LogP) is 4.35. The van der Waals surface area contributed by atoms with Gasteiger partial charge in [0.2, 0.25) is 0 Å². The third kappa shape index (κ3) is 2.72. The van der Waals surface area contributed by atoms with Crippen LogP contribution in [0.2, 0.25) is 6.04 Å². The minimum atomic E-state index is -0.641. The van der Waals surface area contributed by atoms with Gasteiger partial charge in [-0.3, -0.25) is 0 Å². The third-order valence-corrected chi connectivity index (χ3v) is 7.52. The quantitative estimate of drug-likeness (QED) is 0.586. The second-order valence-corrected chi connectivity index (χ2v) is 8.97. The summed E-state index contributed by atoms with van der Waals surface area (Å²) in [7, 11) is -0.641. The van der Waals surface area contributed by atoms with Crippen LogP contribution in [0.5, 0.6) is 0 Å². The van der Waals surface area contributed by atoms with Gasteiger partial charge in [0, 0.05) is 17.4 Å². The lowest BCUT2D eigenvalue weighted by Gasteiger charge is -2.39. The van der Waals surface area contributed by atoms with Crippen LogP contribution in [-0.2, 0) is 0 Å². The summed E-state index contributed by atoms with van der Waals surface area (Å²) in [5, 5.41) is 3.21. The van der Waals surface area contributed by atoms with Crippen LogP contribution in [0.25, 0.3) is 0 Å². The first-order valence-electron chi connectivity index (χ1n) is 8.58. The van der Waals surface area contributed by atoms with Gasteiger partial charge in [0.1, 0.15) is 8.80 Å². The number of fused-ring (bicyclic) bond motifs is 2. The number of hydrogen-bond acceptors (Lipinski definition) is 1. The second-order valence-electron chi connectivity index (χ2n) is 6.43. The number of rotatable bonds is 5. The molecule has 2 aromatic carbocycles. The number of benzene rings is 2. The number of unbranched alkanes of at least 4 members (excludes halogenated alkanes) is 2. The summed E-state index contributed by atoms with van der Waals surface area (Å²) in [6.07, 6.45) is 4.01. The van der Waals surface area contributed by atoms with Gasteiger partial charge in [0.15, 0.2) is 0 Å². The molecular formula is C20H26NSi. The van der Waals surface area contributed by atoms with E-state index in [0.717, 1.165) is 0 Å². The maximum absolute atomic E-state index is 2.53. The summed E-state index contributed by atoms with van der Waals surface area (Å²) < 4.78 is 0. The molecule has 0 aliphatic carbocycles. The molecule has 1 nitrogen and oxygen atoms in total. The van der Waals surface area contributed by atoms with Crippen LogP contribution in [0.15, 0.2) is 48.5 Å². The summed E-state index contributed by atoms with van der Waals surface area (Å²) in [4.78, 5) is 2.53. The molecule has 22 heavy (non-hydrogen) atoms. The molecule has 1 heterocycles. The Hall–Kier alpha value is -1.54. The largest absolute Gasteiger partial charge is 0.339 e. The van der Waals surface area contributed by atoms with E-state index in [0.29, 0.717) is 6.04 Å². The molecule has 1 aliphatic rings. The maximum atomic E-state index is 2.53. The molecule has 115 valence electrons. The summed E-state index contributed by atoms with van der Waals surface area (Å²) in [5.41, 5.74) is 2.89. The van der Waals surface area contributed by atoms with E-state index >= 15 is 0 Å². The van der Waals surface area contributed by atoms with Crippen molar-refractivity contribution in [2.75, 3.05) is 4.90 Å². The van der Waals surface area contributed by atoms with Crippen molar-refractivity contribution in [2.45, 2.75) is 52.1 Å². The summed E-state index contributed by atoms with van der Waals surface area (Å²) in [6.45, 7) is 6.88. The summed E-state index contributed by atoms with van der Waals surface area (Å²) in [5.74, 6) is 0. The molecule has 2 heteroatoms. The van der Waals surface area contributed by atoms with E-state index in [1.807, 2.05) is 0 Å². The van der Waals surface area contributed by atoms with Crippen LogP contribution in [-0.4, -0.2) is 14.8 Å². The van der Waals surface area contributed by atoms with Gasteiger partial charge in [-0.15, -0.1) is 0 Å². The average molecular weight is 309 g/mol. The molecule has 0 saturated heterocycles. The van der Waals surface area contributed by atoms with Gasteiger partial charge in [-0.25, -0.2) is 0 Å². The zero-order valence-electron chi connectivity index (χ0n) is 14.0. The molecule has 0 fully saturated rings. The molecule has 0 N–H and O–H groups in total. The molecule has 0 bridgehead atoms. The highest BCUT2D eigenvalue weighted by Crippen LogP contribution is 2.30. The van der Waals surface area contributed by atoms with E-state index < -0.39 is 8.80 Å². The van der Waals surface area contributed by atoms with Crippen LogP contribution in [0.1, 0.15) is 40.0 Å². The topological polar surface area (TPSA) is 3.24 Å². The van der Waals surface area contributed by atoms with Crippen LogP contribution in [0.3, 0.4) is 0 Å². The Morgan fingerprint density at radius 1 is 0.864 bits per heavy atom. The van der Waals surface area contributed by atoms with Crippen molar-refractivity contribution >= 4 is 30.5 Å². The average Bonchev–Trinajstić information content (AvgIpc) is 2.54. The van der Waals surface area contributed by atoms with Crippen molar-refractivity contribution in [1.29, 1.82) is 0 Å². The molecule has 0 amide bonds. The van der Waals surface area contributed by atoms with E-state index in [1.54, 1.807) is 10.4 Å². The fourth-order valence-corrected chi connectivity index (χ4v) is 6.58. The molecule has 0 unspecified atom stereocenters. The van der Waals surface area contributed by atoms with Crippen LogP contribution < -0.4 is 15.3 Å². The maximum Gasteiger partial charge on any atom is 0.126 e. The van der Waals surface area contributed by atoms with E-state index in [2.05, 4.69) is 74.2 Å². The number of hydrogen-bond donors (Lipinski definition) is 0. The van der Waals surface area contributed by atoms with Crippen LogP contribution >= 0.6 is 0 Å². The minimum absolute atomic E-state index is 0.487. The van der Waals surface area contributed by atoms with Gasteiger partial charge >= 0.3 is 0 Å². The molecule has 0 aromatic heterocycles. The van der Waals surface area contributed by atoms with E-state index in [4.69, 9.17) is 0 Å². The van der Waals surface area contributed by atoms with Crippen molar-refractivity contribution in [1.82, 2.24) is 0 Å². The number of anilines is 2. The number of nitrogens with zero attached hydrogens (tertiary/aromatic N) is 1. The van der Waals surface area contributed by atoms with E-state index in [-0.39, 0.29) is 0 Å². The molecule has 0 saturated carbocycles. The third-order valence-electron chi connectivity index (χ3n) is 4.52. The van der Waals surface area contributed by atoms with E-state index in [9.17, 15) is 0 Å². The highest BCUT2D eigenvalue weighted by atomic mass is 28.3. The fourth-order valence-electron chi connectivity index (χ4n) is 3.53. The molecular weight excluding hydrogens is 282 g/mol. The Balaban J connectivity index is 2.08. The van der Waals surface area contributed by atoms with Crippen molar-refractivity contribution in [2.24, 2.45) is 0 Å². The van der Waals surface area contributed by atoms with Crippen LogP contribution in [0.4, 0.5) is 11.4 Å². The SMILES string of the molecule is CCCCC[Si]1c2ccccc2N(C(C)C)c2ccccc21. The van der Waals surface area contributed by atoms with Crippen molar-refractivity contribution in [3.8, 4) is 0 Å². The monoisotopic (exact) mass is 308 g/mol. The van der Waals surface area contributed by atoms with Crippen molar-refractivity contribution in [3.63, 3.8) is 0 Å². The minimum Gasteiger partial charge on any atom is -0.339 e. The normalized spacial score (nSPS) is 14.1. The smallest absolute Gasteiger partial charge is 0.126 e. The lowest BCUT2D eigenvalue weighted by molar-refractivity contribution is 0.766. The molecule has 2 aromatic rings. The predicted molar refractivity (Wildman–Crippen MR) is 99.5 cm³/mol. The first-order valence-corrected chi connectivity index (χ1v) is 10.3. The van der Waals surface area contributed by atoms with Gasteiger partial charge < -0.3 is 4.90 Å². The fraction of sp³-hybridized carbons (Fsp3) is 0.400.